The Morgan fingerprint density at radius 1 is 1.33 bits per heavy atom. The summed E-state index contributed by atoms with van der Waals surface area (Å²) in [5.41, 5.74) is 0. The van der Waals surface area contributed by atoms with E-state index in [-0.39, 0.29) is 24.1 Å². The van der Waals surface area contributed by atoms with Crippen LogP contribution in [0.15, 0.2) is 10.6 Å². The molecule has 0 N–H and O–H groups in total. The van der Waals surface area contributed by atoms with E-state index in [4.69, 9.17) is 16.0 Å². The minimum Gasteiger partial charge on any atom is -0.444 e. The van der Waals surface area contributed by atoms with Gasteiger partial charge in [0.2, 0.25) is 5.89 Å². The van der Waals surface area contributed by atoms with Crippen LogP contribution in [0, 0.1) is 5.92 Å². The van der Waals surface area contributed by atoms with E-state index >= 15 is 0 Å². The molecule has 2 rings (SSSR count). The molecule has 1 aromatic heterocycles. The zero-order valence-corrected chi connectivity index (χ0v) is 10.8. The zero-order chi connectivity index (χ0) is 13.3. The fourth-order valence-corrected chi connectivity index (χ4v) is 2.48. The maximum Gasteiger partial charge on any atom is 0.391 e. The summed E-state index contributed by atoms with van der Waals surface area (Å²) in [7, 11) is 0. The maximum absolute atomic E-state index is 12.5. The van der Waals surface area contributed by atoms with E-state index in [1.165, 1.54) is 0 Å². The molecular formula is C12H15ClF3NO. The summed E-state index contributed by atoms with van der Waals surface area (Å²) < 4.78 is 43.1. The molecule has 18 heavy (non-hydrogen) atoms. The second-order valence-electron chi connectivity index (χ2n) is 4.81. The summed E-state index contributed by atoms with van der Waals surface area (Å²) >= 11 is 5.83. The highest BCUT2D eigenvalue weighted by Gasteiger charge is 2.42. The highest BCUT2D eigenvalue weighted by molar-refractivity contribution is 6.20. The monoisotopic (exact) mass is 281 g/mol. The van der Waals surface area contributed by atoms with E-state index < -0.39 is 12.1 Å². The molecule has 1 saturated carbocycles. The number of nitrogens with zero attached hydrogens (tertiary/aromatic N) is 1. The summed E-state index contributed by atoms with van der Waals surface area (Å²) in [4.78, 5) is 4.04. The second kappa shape index (κ2) is 5.11. The first-order valence-corrected chi connectivity index (χ1v) is 6.48. The van der Waals surface area contributed by atoms with Crippen molar-refractivity contribution in [2.75, 3.05) is 0 Å². The van der Waals surface area contributed by atoms with Crippen LogP contribution in [0.5, 0.6) is 0 Å². The molecule has 0 amide bonds. The molecule has 1 aliphatic carbocycles. The molecular weight excluding hydrogens is 267 g/mol. The standard InChI is InChI=1S/C12H15ClF3NO/c1-7(13)11-17-6-10(18-11)8-2-4-9(5-3-8)12(14,15)16/h6-9H,2-5H2,1H3. The first-order chi connectivity index (χ1) is 8.38. The number of rotatable bonds is 2. The third-order valence-electron chi connectivity index (χ3n) is 3.47. The van der Waals surface area contributed by atoms with Crippen molar-refractivity contribution in [3.8, 4) is 0 Å². The molecule has 0 bridgehead atoms. The molecule has 1 fully saturated rings. The van der Waals surface area contributed by atoms with Crippen molar-refractivity contribution in [1.29, 1.82) is 0 Å². The van der Waals surface area contributed by atoms with E-state index in [9.17, 15) is 13.2 Å². The minimum absolute atomic E-state index is 0.0419. The van der Waals surface area contributed by atoms with Gasteiger partial charge in [-0.25, -0.2) is 4.98 Å². The number of halogens is 4. The molecule has 0 radical (unpaired) electrons. The highest BCUT2D eigenvalue weighted by atomic mass is 35.5. The van der Waals surface area contributed by atoms with Crippen LogP contribution in [0.2, 0.25) is 0 Å². The lowest BCUT2D eigenvalue weighted by Crippen LogP contribution is -2.27. The topological polar surface area (TPSA) is 26.0 Å². The van der Waals surface area contributed by atoms with Gasteiger partial charge >= 0.3 is 6.18 Å². The van der Waals surface area contributed by atoms with Crippen LogP contribution in [0.4, 0.5) is 13.2 Å². The lowest BCUT2D eigenvalue weighted by Gasteiger charge is -2.28. The van der Waals surface area contributed by atoms with Crippen molar-refractivity contribution in [3.05, 3.63) is 17.8 Å². The smallest absolute Gasteiger partial charge is 0.391 e. The third-order valence-corrected chi connectivity index (χ3v) is 3.66. The Bertz CT molecular complexity index is 394. The van der Waals surface area contributed by atoms with E-state index in [1.54, 1.807) is 13.1 Å². The van der Waals surface area contributed by atoms with Gasteiger partial charge in [-0.15, -0.1) is 11.6 Å². The quantitative estimate of drug-likeness (QED) is 0.727. The number of aromatic nitrogens is 1. The van der Waals surface area contributed by atoms with Crippen molar-refractivity contribution in [2.24, 2.45) is 5.92 Å². The first-order valence-electron chi connectivity index (χ1n) is 6.04. The van der Waals surface area contributed by atoms with Crippen LogP contribution in [-0.4, -0.2) is 11.2 Å². The Balaban J connectivity index is 1.97. The molecule has 2 nitrogen and oxygen atoms in total. The van der Waals surface area contributed by atoms with Gasteiger partial charge in [0.25, 0.3) is 0 Å². The van der Waals surface area contributed by atoms with E-state index in [1.807, 2.05) is 0 Å². The normalized spacial score (nSPS) is 27.2. The predicted octanol–water partition coefficient (Wildman–Crippen LogP) is 4.81. The van der Waals surface area contributed by atoms with Gasteiger partial charge in [0.15, 0.2) is 0 Å². The number of oxazole rings is 1. The van der Waals surface area contributed by atoms with Crippen LogP contribution in [0.3, 0.4) is 0 Å². The maximum atomic E-state index is 12.5. The van der Waals surface area contributed by atoms with E-state index in [2.05, 4.69) is 4.98 Å². The summed E-state index contributed by atoms with van der Waals surface area (Å²) in [6.45, 7) is 1.75. The minimum atomic E-state index is -4.07. The molecule has 6 heteroatoms. The van der Waals surface area contributed by atoms with Crippen LogP contribution in [-0.2, 0) is 0 Å². The van der Waals surface area contributed by atoms with Crippen LogP contribution < -0.4 is 0 Å². The van der Waals surface area contributed by atoms with Crippen LogP contribution >= 0.6 is 11.6 Å². The Morgan fingerprint density at radius 2 is 1.94 bits per heavy atom. The molecule has 102 valence electrons. The Morgan fingerprint density at radius 3 is 2.39 bits per heavy atom. The molecule has 1 aromatic rings. The van der Waals surface area contributed by atoms with Crippen molar-refractivity contribution < 1.29 is 17.6 Å². The first kappa shape index (κ1) is 13.7. The molecule has 0 saturated heterocycles. The SMILES string of the molecule is CC(Cl)c1ncc(C2CCC(C(F)(F)F)CC2)o1. The van der Waals surface area contributed by atoms with Crippen molar-refractivity contribution in [1.82, 2.24) is 4.98 Å². The molecule has 1 unspecified atom stereocenters. The van der Waals surface area contributed by atoms with E-state index in [0.717, 1.165) is 0 Å². The summed E-state index contributed by atoms with van der Waals surface area (Å²) in [5.74, 6) is -0.0221. The van der Waals surface area contributed by atoms with Gasteiger partial charge in [0.05, 0.1) is 12.1 Å². The van der Waals surface area contributed by atoms with E-state index in [0.29, 0.717) is 24.5 Å². The van der Waals surface area contributed by atoms with Crippen molar-refractivity contribution in [2.45, 2.75) is 50.1 Å². The molecule has 1 atom stereocenters. The fourth-order valence-electron chi connectivity index (χ4n) is 2.38. The number of hydrogen-bond donors (Lipinski definition) is 0. The summed E-state index contributed by atoms with van der Waals surface area (Å²) in [6, 6.07) is 0. The average Bonchev–Trinajstić information content (AvgIpc) is 2.77. The van der Waals surface area contributed by atoms with Crippen molar-refractivity contribution in [3.63, 3.8) is 0 Å². The lowest BCUT2D eigenvalue weighted by atomic mass is 9.81. The van der Waals surface area contributed by atoms with Gasteiger partial charge in [-0.3, -0.25) is 0 Å². The highest BCUT2D eigenvalue weighted by Crippen LogP contribution is 2.43. The Labute approximate surface area is 109 Å². The van der Waals surface area contributed by atoms with Gasteiger partial charge in [-0.05, 0) is 32.6 Å². The van der Waals surface area contributed by atoms with Gasteiger partial charge in [-0.1, -0.05) is 0 Å². The number of hydrogen-bond acceptors (Lipinski definition) is 2. The van der Waals surface area contributed by atoms with Gasteiger partial charge in [0, 0.05) is 5.92 Å². The Hall–Kier alpha value is -0.710. The fraction of sp³-hybridized carbons (Fsp3) is 0.750. The predicted molar refractivity (Wildman–Crippen MR) is 61.5 cm³/mol. The molecule has 0 spiro atoms. The molecule has 0 aromatic carbocycles. The van der Waals surface area contributed by atoms with Crippen LogP contribution in [0.1, 0.15) is 55.6 Å². The summed E-state index contributed by atoms with van der Waals surface area (Å²) in [5, 5.41) is -0.315. The van der Waals surface area contributed by atoms with Crippen LogP contribution in [0.25, 0.3) is 0 Å². The largest absolute Gasteiger partial charge is 0.444 e. The van der Waals surface area contributed by atoms with Gasteiger partial charge < -0.3 is 4.42 Å². The molecule has 1 aliphatic rings. The number of alkyl halides is 4. The van der Waals surface area contributed by atoms with Gasteiger partial charge in [0.1, 0.15) is 11.1 Å². The van der Waals surface area contributed by atoms with Crippen molar-refractivity contribution >= 4 is 11.6 Å². The zero-order valence-electron chi connectivity index (χ0n) is 10.0. The Kier molecular flexibility index (Phi) is 3.90. The lowest BCUT2D eigenvalue weighted by molar-refractivity contribution is -0.182. The third kappa shape index (κ3) is 2.99. The van der Waals surface area contributed by atoms with Gasteiger partial charge in [-0.2, -0.15) is 13.2 Å². The second-order valence-corrected chi connectivity index (χ2v) is 5.46. The molecule has 0 aliphatic heterocycles. The average molecular weight is 282 g/mol. The summed E-state index contributed by atoms with van der Waals surface area (Å²) in [6.07, 6.45) is -1.15. The molecule has 1 heterocycles.